The molecule has 0 aromatic heterocycles. The topological polar surface area (TPSA) is 48.1 Å². The first-order valence-electron chi connectivity index (χ1n) is 4.43. The molecule has 3 atom stereocenters. The number of methoxy groups -OCH3 is 1. The van der Waals surface area contributed by atoms with Crippen LogP contribution in [-0.4, -0.2) is 37.5 Å². The molecule has 4 heteroatoms. The van der Waals surface area contributed by atoms with Gasteiger partial charge in [-0.25, -0.2) is 4.79 Å². The Kier molecular flexibility index (Phi) is 2.93. The Labute approximate surface area is 78.2 Å². The lowest BCUT2D eigenvalue weighted by Crippen LogP contribution is -2.31. The van der Waals surface area contributed by atoms with Gasteiger partial charge in [-0.2, -0.15) is 0 Å². The molecule has 0 saturated carbocycles. The third-order valence-corrected chi connectivity index (χ3v) is 2.50. The van der Waals surface area contributed by atoms with E-state index >= 15 is 0 Å². The minimum absolute atomic E-state index is 0.0955. The normalized spacial score (nSPS) is 34.0. The fourth-order valence-corrected chi connectivity index (χ4v) is 1.26. The van der Waals surface area contributed by atoms with Crippen molar-refractivity contribution in [2.75, 3.05) is 13.7 Å². The van der Waals surface area contributed by atoms with Crippen molar-refractivity contribution in [1.29, 1.82) is 0 Å². The van der Waals surface area contributed by atoms with Crippen LogP contribution < -0.4 is 0 Å². The molecule has 76 valence electrons. The largest absolute Gasteiger partial charge is 0.464 e. The molecule has 0 amide bonds. The van der Waals surface area contributed by atoms with Crippen LogP contribution in [0.15, 0.2) is 0 Å². The Balaban J connectivity index is 2.47. The first kappa shape index (κ1) is 10.5. The van der Waals surface area contributed by atoms with Gasteiger partial charge < -0.3 is 14.2 Å². The minimum atomic E-state index is -0.499. The molecule has 4 nitrogen and oxygen atoms in total. The highest BCUT2D eigenvalue weighted by molar-refractivity contribution is 5.79. The van der Waals surface area contributed by atoms with Gasteiger partial charge in [0.05, 0.1) is 12.7 Å². The number of carbonyl (C=O) groups is 1. The van der Waals surface area contributed by atoms with Gasteiger partial charge in [0.2, 0.25) is 0 Å². The summed E-state index contributed by atoms with van der Waals surface area (Å²) in [5.74, 6) is -0.297. The lowest BCUT2D eigenvalue weighted by Gasteiger charge is -2.13. The summed E-state index contributed by atoms with van der Waals surface area (Å²) in [6.07, 6.45) is -0.552. The van der Waals surface area contributed by atoms with Crippen molar-refractivity contribution in [2.45, 2.75) is 38.6 Å². The van der Waals surface area contributed by atoms with Crippen LogP contribution in [0.5, 0.6) is 0 Å². The molecular weight excluding hydrogens is 172 g/mol. The number of rotatable bonds is 4. The average molecular weight is 188 g/mol. The van der Waals surface area contributed by atoms with E-state index in [-0.39, 0.29) is 12.1 Å². The monoisotopic (exact) mass is 188 g/mol. The van der Waals surface area contributed by atoms with Crippen molar-refractivity contribution in [3.63, 3.8) is 0 Å². The van der Waals surface area contributed by atoms with E-state index in [4.69, 9.17) is 14.2 Å². The maximum Gasteiger partial charge on any atom is 0.338 e. The molecule has 0 aromatic rings. The second-order valence-electron chi connectivity index (χ2n) is 3.31. The molecule has 1 rings (SSSR count). The van der Waals surface area contributed by atoms with Gasteiger partial charge in [0, 0.05) is 7.11 Å². The molecule has 1 saturated heterocycles. The Morgan fingerprint density at radius 1 is 1.69 bits per heavy atom. The lowest BCUT2D eigenvalue weighted by molar-refractivity contribution is -0.144. The van der Waals surface area contributed by atoms with Crippen LogP contribution in [0, 0.1) is 0 Å². The van der Waals surface area contributed by atoms with E-state index in [1.165, 1.54) is 0 Å². The molecule has 1 heterocycles. The number of epoxide rings is 1. The standard InChI is InChI=1S/C9H16O4/c1-5-12-8(10)7-9(3,13-7)6(2)11-4/h6-7H,5H2,1-4H3. The van der Waals surface area contributed by atoms with Gasteiger partial charge in [0.25, 0.3) is 0 Å². The Morgan fingerprint density at radius 3 is 2.77 bits per heavy atom. The van der Waals surface area contributed by atoms with Gasteiger partial charge in [-0.1, -0.05) is 0 Å². The fourth-order valence-electron chi connectivity index (χ4n) is 1.26. The second kappa shape index (κ2) is 3.64. The fraction of sp³-hybridized carbons (Fsp3) is 0.889. The highest BCUT2D eigenvalue weighted by Crippen LogP contribution is 2.41. The van der Waals surface area contributed by atoms with Crippen molar-refractivity contribution in [1.82, 2.24) is 0 Å². The van der Waals surface area contributed by atoms with Crippen LogP contribution >= 0.6 is 0 Å². The smallest absolute Gasteiger partial charge is 0.338 e. The van der Waals surface area contributed by atoms with E-state index in [0.29, 0.717) is 6.61 Å². The highest BCUT2D eigenvalue weighted by atomic mass is 16.7. The number of hydrogen-bond donors (Lipinski definition) is 0. The van der Waals surface area contributed by atoms with E-state index in [9.17, 15) is 4.79 Å². The molecule has 3 unspecified atom stereocenters. The van der Waals surface area contributed by atoms with Crippen LogP contribution in [0.2, 0.25) is 0 Å². The third kappa shape index (κ3) is 1.84. The molecule has 0 aromatic carbocycles. The van der Waals surface area contributed by atoms with Crippen molar-refractivity contribution in [3.8, 4) is 0 Å². The highest BCUT2D eigenvalue weighted by Gasteiger charge is 2.61. The van der Waals surface area contributed by atoms with Gasteiger partial charge in [0.15, 0.2) is 6.10 Å². The first-order valence-corrected chi connectivity index (χ1v) is 4.43. The molecule has 0 radical (unpaired) electrons. The van der Waals surface area contributed by atoms with E-state index in [1.54, 1.807) is 14.0 Å². The first-order chi connectivity index (χ1) is 6.06. The molecule has 1 fully saturated rings. The number of hydrogen-bond acceptors (Lipinski definition) is 4. The average Bonchev–Trinajstić information content (AvgIpc) is 2.79. The zero-order valence-corrected chi connectivity index (χ0v) is 8.49. The van der Waals surface area contributed by atoms with Gasteiger partial charge in [-0.05, 0) is 20.8 Å². The van der Waals surface area contributed by atoms with Crippen LogP contribution in [0.25, 0.3) is 0 Å². The summed E-state index contributed by atoms with van der Waals surface area (Å²) in [4.78, 5) is 11.2. The van der Waals surface area contributed by atoms with E-state index in [1.807, 2.05) is 13.8 Å². The van der Waals surface area contributed by atoms with E-state index in [2.05, 4.69) is 0 Å². The predicted molar refractivity (Wildman–Crippen MR) is 46.4 cm³/mol. The van der Waals surface area contributed by atoms with Crippen molar-refractivity contribution in [2.24, 2.45) is 0 Å². The van der Waals surface area contributed by atoms with Crippen LogP contribution in [-0.2, 0) is 19.0 Å². The maximum absolute atomic E-state index is 11.2. The number of ether oxygens (including phenoxy) is 3. The van der Waals surface area contributed by atoms with Gasteiger partial charge in [-0.3, -0.25) is 0 Å². The third-order valence-electron chi connectivity index (χ3n) is 2.50. The molecule has 0 spiro atoms. The van der Waals surface area contributed by atoms with Crippen molar-refractivity contribution < 1.29 is 19.0 Å². The van der Waals surface area contributed by atoms with Crippen LogP contribution in [0.1, 0.15) is 20.8 Å². The molecule has 1 aliphatic rings. The Bertz CT molecular complexity index is 204. The maximum atomic E-state index is 11.2. The molecule has 0 bridgehead atoms. The summed E-state index contributed by atoms with van der Waals surface area (Å²) in [7, 11) is 1.60. The zero-order chi connectivity index (χ0) is 10.1. The SMILES string of the molecule is CCOC(=O)C1OC1(C)C(C)OC. The summed E-state index contributed by atoms with van der Waals surface area (Å²) < 4.78 is 15.2. The van der Waals surface area contributed by atoms with E-state index in [0.717, 1.165) is 0 Å². The second-order valence-corrected chi connectivity index (χ2v) is 3.31. The van der Waals surface area contributed by atoms with Crippen molar-refractivity contribution >= 4 is 5.97 Å². The lowest BCUT2D eigenvalue weighted by atomic mass is 10.0. The van der Waals surface area contributed by atoms with Crippen LogP contribution in [0.4, 0.5) is 0 Å². The summed E-state index contributed by atoms with van der Waals surface area (Å²) >= 11 is 0. The molecular formula is C9H16O4. The Hall–Kier alpha value is -0.610. The minimum Gasteiger partial charge on any atom is -0.464 e. The molecule has 13 heavy (non-hydrogen) atoms. The number of esters is 1. The quantitative estimate of drug-likeness (QED) is 0.482. The van der Waals surface area contributed by atoms with Gasteiger partial charge in [0.1, 0.15) is 5.60 Å². The zero-order valence-electron chi connectivity index (χ0n) is 8.49. The molecule has 1 aliphatic heterocycles. The molecule has 0 N–H and O–H groups in total. The van der Waals surface area contributed by atoms with Crippen molar-refractivity contribution in [3.05, 3.63) is 0 Å². The summed E-state index contributed by atoms with van der Waals surface area (Å²) in [6.45, 7) is 5.88. The molecule has 0 aliphatic carbocycles. The summed E-state index contributed by atoms with van der Waals surface area (Å²) in [5, 5.41) is 0. The Morgan fingerprint density at radius 2 is 2.31 bits per heavy atom. The number of carbonyl (C=O) groups excluding carboxylic acids is 1. The predicted octanol–water partition coefficient (Wildman–Crippen LogP) is 0.742. The summed E-state index contributed by atoms with van der Waals surface area (Å²) in [5.41, 5.74) is -0.499. The van der Waals surface area contributed by atoms with Gasteiger partial charge >= 0.3 is 5.97 Å². The van der Waals surface area contributed by atoms with Crippen LogP contribution in [0.3, 0.4) is 0 Å². The van der Waals surface area contributed by atoms with E-state index < -0.39 is 11.7 Å². The van der Waals surface area contributed by atoms with Gasteiger partial charge in [-0.15, -0.1) is 0 Å². The summed E-state index contributed by atoms with van der Waals surface area (Å²) in [6, 6.07) is 0.